The van der Waals surface area contributed by atoms with E-state index < -0.39 is 17.8 Å². The van der Waals surface area contributed by atoms with Crippen molar-refractivity contribution in [3.05, 3.63) is 54.1 Å². The van der Waals surface area contributed by atoms with Gasteiger partial charge >= 0.3 is 5.97 Å². The van der Waals surface area contributed by atoms with Crippen LogP contribution < -0.4 is 4.90 Å². The SMILES string of the molecule is O=C(CCCCCN1c2ccccc2C(=O)C2C=CC=CC21)ON1C(=O)CCC1=O. The molecule has 0 radical (unpaired) electrons. The molecule has 0 N–H and O–H groups in total. The summed E-state index contributed by atoms with van der Waals surface area (Å²) in [5, 5.41) is 0.590. The van der Waals surface area contributed by atoms with Crippen molar-refractivity contribution >= 4 is 29.3 Å². The maximum atomic E-state index is 12.8. The highest BCUT2D eigenvalue weighted by Gasteiger charge is 2.38. The summed E-state index contributed by atoms with van der Waals surface area (Å²) in [7, 11) is 0. The second-order valence-electron chi connectivity index (χ2n) is 7.72. The Morgan fingerprint density at radius 3 is 2.50 bits per heavy atom. The van der Waals surface area contributed by atoms with Gasteiger partial charge in [0.1, 0.15) is 0 Å². The molecule has 2 heterocycles. The third-order valence-electron chi connectivity index (χ3n) is 5.73. The van der Waals surface area contributed by atoms with Gasteiger partial charge in [-0.05, 0) is 25.0 Å². The Bertz CT molecular complexity index is 919. The minimum Gasteiger partial charge on any atom is -0.363 e. The van der Waals surface area contributed by atoms with Crippen LogP contribution in [0.15, 0.2) is 48.6 Å². The fraction of sp³-hybridized carbons (Fsp3) is 0.391. The summed E-state index contributed by atoms with van der Waals surface area (Å²) in [5.41, 5.74) is 1.70. The first kappa shape index (κ1) is 20.1. The number of rotatable bonds is 7. The predicted octanol–water partition coefficient (Wildman–Crippen LogP) is 2.97. The summed E-state index contributed by atoms with van der Waals surface area (Å²) in [6, 6.07) is 7.70. The summed E-state index contributed by atoms with van der Waals surface area (Å²) < 4.78 is 0. The topological polar surface area (TPSA) is 84.0 Å². The van der Waals surface area contributed by atoms with Crippen LogP contribution in [0.2, 0.25) is 0 Å². The van der Waals surface area contributed by atoms with E-state index >= 15 is 0 Å². The number of ketones is 1. The largest absolute Gasteiger partial charge is 0.363 e. The van der Waals surface area contributed by atoms with Crippen LogP contribution in [0.25, 0.3) is 0 Å². The Kier molecular flexibility index (Phi) is 5.79. The van der Waals surface area contributed by atoms with Crippen LogP contribution in [-0.4, -0.2) is 41.2 Å². The van der Waals surface area contributed by atoms with Crippen molar-refractivity contribution in [1.29, 1.82) is 0 Å². The average Bonchev–Trinajstić information content (AvgIpc) is 3.07. The number of Topliss-reactive ketones (excluding diaryl/α,β-unsaturated/α-hetero) is 1. The molecule has 7 heteroatoms. The molecule has 7 nitrogen and oxygen atoms in total. The molecule has 2 aliphatic heterocycles. The van der Waals surface area contributed by atoms with Gasteiger partial charge in [0.05, 0.1) is 12.0 Å². The lowest BCUT2D eigenvalue weighted by atomic mass is 9.82. The maximum Gasteiger partial charge on any atom is 0.333 e. The number of hydrogen-bond acceptors (Lipinski definition) is 6. The zero-order valence-electron chi connectivity index (χ0n) is 16.7. The number of hydrogen-bond donors (Lipinski definition) is 0. The lowest BCUT2D eigenvalue weighted by molar-refractivity contribution is -0.197. The van der Waals surface area contributed by atoms with Gasteiger partial charge < -0.3 is 9.74 Å². The van der Waals surface area contributed by atoms with Gasteiger partial charge in [-0.2, -0.15) is 0 Å². The third kappa shape index (κ3) is 3.92. The second-order valence-corrected chi connectivity index (χ2v) is 7.72. The Morgan fingerprint density at radius 2 is 1.70 bits per heavy atom. The summed E-state index contributed by atoms with van der Waals surface area (Å²) in [6.45, 7) is 0.766. The van der Waals surface area contributed by atoms with Gasteiger partial charge in [-0.1, -0.05) is 42.9 Å². The molecule has 4 rings (SSSR count). The highest BCUT2D eigenvalue weighted by Crippen LogP contribution is 2.36. The number of fused-ring (bicyclic) bond motifs is 2. The van der Waals surface area contributed by atoms with Crippen LogP contribution in [-0.2, 0) is 19.2 Å². The van der Waals surface area contributed by atoms with Gasteiger partial charge in [-0.3, -0.25) is 14.4 Å². The van der Waals surface area contributed by atoms with E-state index in [-0.39, 0.29) is 37.0 Å². The number of imide groups is 1. The minimum absolute atomic E-state index is 0.00885. The Balaban J connectivity index is 1.30. The molecule has 1 saturated heterocycles. The number of benzene rings is 1. The van der Waals surface area contributed by atoms with Crippen LogP contribution >= 0.6 is 0 Å². The number of anilines is 1. The molecule has 0 aromatic heterocycles. The van der Waals surface area contributed by atoms with Crippen molar-refractivity contribution in [3.8, 4) is 0 Å². The number of allylic oxidation sites excluding steroid dienone is 2. The molecule has 2 unspecified atom stereocenters. The van der Waals surface area contributed by atoms with Crippen LogP contribution in [0.1, 0.15) is 48.9 Å². The smallest absolute Gasteiger partial charge is 0.333 e. The molecule has 0 saturated carbocycles. The molecule has 1 fully saturated rings. The first-order valence-electron chi connectivity index (χ1n) is 10.4. The van der Waals surface area contributed by atoms with E-state index in [2.05, 4.69) is 11.0 Å². The van der Waals surface area contributed by atoms with Crippen molar-refractivity contribution in [2.45, 2.75) is 44.6 Å². The molecule has 2 amide bonds. The molecule has 1 aromatic carbocycles. The molecule has 2 atom stereocenters. The van der Waals surface area contributed by atoms with E-state index in [0.717, 1.165) is 30.6 Å². The zero-order chi connectivity index (χ0) is 21.1. The van der Waals surface area contributed by atoms with Gasteiger partial charge in [0.2, 0.25) is 0 Å². The number of nitrogens with zero attached hydrogens (tertiary/aromatic N) is 2. The Labute approximate surface area is 174 Å². The Morgan fingerprint density at radius 1 is 0.967 bits per heavy atom. The van der Waals surface area contributed by atoms with Crippen molar-refractivity contribution < 1.29 is 24.0 Å². The summed E-state index contributed by atoms with van der Waals surface area (Å²) in [4.78, 5) is 54.9. The number of carbonyl (C=O) groups excluding carboxylic acids is 4. The molecule has 1 aromatic rings. The number of carbonyl (C=O) groups is 4. The molecule has 0 bridgehead atoms. The number of unbranched alkanes of at least 4 members (excludes halogenated alkanes) is 2. The number of amides is 2. The monoisotopic (exact) mass is 408 g/mol. The lowest BCUT2D eigenvalue weighted by Crippen LogP contribution is -2.47. The van der Waals surface area contributed by atoms with Gasteiger partial charge in [-0.25, -0.2) is 4.79 Å². The molecule has 30 heavy (non-hydrogen) atoms. The molecule has 0 spiro atoms. The van der Waals surface area contributed by atoms with Crippen molar-refractivity contribution in [3.63, 3.8) is 0 Å². The summed E-state index contributed by atoms with van der Waals surface area (Å²) >= 11 is 0. The van der Waals surface area contributed by atoms with Gasteiger partial charge in [-0.15, -0.1) is 5.06 Å². The average molecular weight is 408 g/mol. The maximum absolute atomic E-state index is 12.8. The fourth-order valence-corrected chi connectivity index (χ4v) is 4.21. The molecule has 3 aliphatic rings. The zero-order valence-corrected chi connectivity index (χ0v) is 16.7. The first-order valence-corrected chi connectivity index (χ1v) is 10.4. The number of para-hydroxylation sites is 1. The quantitative estimate of drug-likeness (QED) is 0.509. The van der Waals surface area contributed by atoms with E-state index in [1.807, 2.05) is 42.5 Å². The van der Waals surface area contributed by atoms with Crippen molar-refractivity contribution in [2.24, 2.45) is 5.92 Å². The van der Waals surface area contributed by atoms with Crippen LogP contribution in [0.3, 0.4) is 0 Å². The third-order valence-corrected chi connectivity index (χ3v) is 5.73. The first-order chi connectivity index (χ1) is 14.6. The number of hydroxylamine groups is 2. The predicted molar refractivity (Wildman–Crippen MR) is 109 cm³/mol. The van der Waals surface area contributed by atoms with Crippen LogP contribution in [0.4, 0.5) is 5.69 Å². The van der Waals surface area contributed by atoms with Crippen molar-refractivity contribution in [2.75, 3.05) is 11.4 Å². The highest BCUT2D eigenvalue weighted by atomic mass is 16.7. The molecular formula is C23H24N2O5. The van der Waals surface area contributed by atoms with Gasteiger partial charge in [0.15, 0.2) is 5.78 Å². The van der Waals surface area contributed by atoms with E-state index in [1.165, 1.54) is 0 Å². The van der Waals surface area contributed by atoms with Crippen molar-refractivity contribution in [1.82, 2.24) is 5.06 Å². The second kappa shape index (κ2) is 8.65. The van der Waals surface area contributed by atoms with E-state index in [0.29, 0.717) is 11.5 Å². The van der Waals surface area contributed by atoms with E-state index in [1.54, 1.807) is 0 Å². The van der Waals surface area contributed by atoms with E-state index in [9.17, 15) is 19.2 Å². The Hall–Kier alpha value is -3.22. The lowest BCUT2D eigenvalue weighted by Gasteiger charge is -2.41. The summed E-state index contributed by atoms with van der Waals surface area (Å²) in [5.74, 6) is -1.50. The van der Waals surface area contributed by atoms with Crippen LogP contribution in [0, 0.1) is 5.92 Å². The fourth-order valence-electron chi connectivity index (χ4n) is 4.21. The van der Waals surface area contributed by atoms with Gasteiger partial charge in [0, 0.05) is 37.1 Å². The molecule has 1 aliphatic carbocycles. The molecular weight excluding hydrogens is 384 g/mol. The van der Waals surface area contributed by atoms with E-state index in [4.69, 9.17) is 4.84 Å². The normalized spacial score (nSPS) is 22.3. The standard InChI is InChI=1S/C23H24N2O5/c26-20-13-14-21(27)25(20)30-22(28)12-2-1-7-15-24-18-10-5-3-8-16(18)23(29)17-9-4-6-11-19(17)24/h3-6,8-11,16,18H,1-2,7,12-15H2. The highest BCUT2D eigenvalue weighted by molar-refractivity contribution is 6.06. The minimum atomic E-state index is -0.562. The molecule has 156 valence electrons. The van der Waals surface area contributed by atoms with Gasteiger partial charge in [0.25, 0.3) is 11.8 Å². The summed E-state index contributed by atoms with van der Waals surface area (Å²) in [6.07, 6.45) is 10.5. The van der Waals surface area contributed by atoms with Crippen LogP contribution in [0.5, 0.6) is 0 Å².